The van der Waals surface area contributed by atoms with Crippen molar-refractivity contribution in [3.63, 3.8) is 0 Å². The highest BCUT2D eigenvalue weighted by Crippen LogP contribution is 2.10. The van der Waals surface area contributed by atoms with Gasteiger partial charge in [-0.2, -0.15) is 0 Å². The number of hydrogen-bond acceptors (Lipinski definition) is 1. The lowest BCUT2D eigenvalue weighted by Crippen LogP contribution is -2.39. The lowest BCUT2D eigenvalue weighted by molar-refractivity contribution is 0.131. The molecule has 1 heterocycles. The number of alkyl halides is 2. The average Bonchev–Trinajstić information content (AvgIpc) is 1.77. The van der Waals surface area contributed by atoms with Crippen LogP contribution >= 0.6 is 0 Å². The highest BCUT2D eigenvalue weighted by molar-refractivity contribution is 4.76. The molecular weight excluding hydrogens is 112 g/mol. The average molecular weight is 121 g/mol. The molecule has 0 aliphatic carbocycles. The molecule has 2 atom stereocenters. The van der Waals surface area contributed by atoms with E-state index in [0.717, 1.165) is 0 Å². The number of nitrogens with one attached hydrogen (secondary N) is 1. The van der Waals surface area contributed by atoms with Crippen LogP contribution in [0.3, 0.4) is 0 Å². The molecule has 1 aliphatic heterocycles. The molecule has 3 heteroatoms. The first-order chi connectivity index (χ1) is 3.80. The van der Waals surface area contributed by atoms with E-state index in [4.69, 9.17) is 0 Å². The van der Waals surface area contributed by atoms with Gasteiger partial charge in [-0.25, -0.2) is 8.78 Å². The van der Waals surface area contributed by atoms with Crippen LogP contribution in [0.25, 0.3) is 0 Å². The first-order valence-electron chi connectivity index (χ1n) is 2.79. The van der Waals surface area contributed by atoms with E-state index in [1.807, 2.05) is 0 Å². The van der Waals surface area contributed by atoms with Crippen molar-refractivity contribution in [2.75, 3.05) is 13.1 Å². The number of hydrogen-bond donors (Lipinski definition) is 1. The monoisotopic (exact) mass is 121 g/mol. The zero-order valence-electron chi connectivity index (χ0n) is 4.53. The molecule has 48 valence electrons. The summed E-state index contributed by atoms with van der Waals surface area (Å²) < 4.78 is 24.3. The Balaban J connectivity index is 2.28. The molecule has 0 aromatic heterocycles. The van der Waals surface area contributed by atoms with Crippen LogP contribution in [-0.4, -0.2) is 25.4 Å². The smallest absolute Gasteiger partial charge is 0.144 e. The largest absolute Gasteiger partial charge is 0.314 e. The van der Waals surface area contributed by atoms with E-state index in [2.05, 4.69) is 5.32 Å². The van der Waals surface area contributed by atoms with Gasteiger partial charge in [0, 0.05) is 6.54 Å². The van der Waals surface area contributed by atoms with E-state index in [1.165, 1.54) is 0 Å². The molecule has 1 N–H and O–H groups in total. The van der Waals surface area contributed by atoms with E-state index < -0.39 is 12.3 Å². The topological polar surface area (TPSA) is 12.0 Å². The van der Waals surface area contributed by atoms with Crippen LogP contribution in [0.4, 0.5) is 8.78 Å². The summed E-state index contributed by atoms with van der Waals surface area (Å²) in [7, 11) is 0. The Hall–Kier alpha value is -0.180. The van der Waals surface area contributed by atoms with Crippen LogP contribution in [0.1, 0.15) is 6.42 Å². The fourth-order valence-corrected chi connectivity index (χ4v) is 0.789. The van der Waals surface area contributed by atoms with Crippen molar-refractivity contribution in [2.45, 2.75) is 18.8 Å². The van der Waals surface area contributed by atoms with Gasteiger partial charge in [0.05, 0.1) is 0 Å². The molecule has 0 spiro atoms. The fourth-order valence-electron chi connectivity index (χ4n) is 0.789. The van der Waals surface area contributed by atoms with Crippen LogP contribution in [0.15, 0.2) is 0 Å². The van der Waals surface area contributed by atoms with E-state index in [0.29, 0.717) is 13.0 Å². The molecular formula is C5H9F2N. The van der Waals surface area contributed by atoms with E-state index in [9.17, 15) is 8.78 Å². The summed E-state index contributed by atoms with van der Waals surface area (Å²) in [6, 6.07) is 0. The van der Waals surface area contributed by atoms with Gasteiger partial charge in [-0.1, -0.05) is 0 Å². The van der Waals surface area contributed by atoms with Gasteiger partial charge in [-0.3, -0.25) is 0 Å². The van der Waals surface area contributed by atoms with Crippen molar-refractivity contribution in [3.8, 4) is 0 Å². The summed E-state index contributed by atoms with van der Waals surface area (Å²) in [5.74, 6) is 0. The lowest BCUT2D eigenvalue weighted by Gasteiger charge is -2.19. The number of halogens is 2. The molecule has 0 radical (unpaired) electrons. The second-order valence-electron chi connectivity index (χ2n) is 2.02. The second kappa shape index (κ2) is 2.40. The van der Waals surface area contributed by atoms with E-state index in [-0.39, 0.29) is 6.54 Å². The van der Waals surface area contributed by atoms with Crippen molar-refractivity contribution < 1.29 is 8.78 Å². The van der Waals surface area contributed by atoms with Crippen molar-refractivity contribution in [3.05, 3.63) is 0 Å². The third kappa shape index (κ3) is 1.15. The molecule has 8 heavy (non-hydrogen) atoms. The molecule has 0 amide bonds. The second-order valence-corrected chi connectivity index (χ2v) is 2.02. The Morgan fingerprint density at radius 1 is 1.25 bits per heavy atom. The van der Waals surface area contributed by atoms with Crippen LogP contribution in [-0.2, 0) is 0 Å². The van der Waals surface area contributed by atoms with Gasteiger partial charge in [0.2, 0.25) is 0 Å². The summed E-state index contributed by atoms with van der Waals surface area (Å²) in [5, 5.41) is 2.75. The third-order valence-corrected chi connectivity index (χ3v) is 1.33. The molecule has 1 rings (SSSR count). The molecule has 1 aliphatic rings. The van der Waals surface area contributed by atoms with Crippen molar-refractivity contribution in [1.29, 1.82) is 0 Å². The Labute approximate surface area is 47.1 Å². The summed E-state index contributed by atoms with van der Waals surface area (Å²) in [4.78, 5) is 0. The minimum absolute atomic E-state index is 0.182. The van der Waals surface area contributed by atoms with Gasteiger partial charge < -0.3 is 5.32 Å². The Kier molecular flexibility index (Phi) is 1.78. The molecule has 1 fully saturated rings. The molecule has 1 saturated heterocycles. The van der Waals surface area contributed by atoms with Crippen molar-refractivity contribution >= 4 is 0 Å². The highest BCUT2D eigenvalue weighted by Gasteiger charge is 2.22. The third-order valence-electron chi connectivity index (χ3n) is 1.33. The molecule has 0 unspecified atom stereocenters. The quantitative estimate of drug-likeness (QED) is 0.496. The maximum Gasteiger partial charge on any atom is 0.144 e. The first kappa shape index (κ1) is 5.95. The summed E-state index contributed by atoms with van der Waals surface area (Å²) in [6.45, 7) is 0.794. The molecule has 0 aromatic carbocycles. The molecule has 0 saturated carbocycles. The SMILES string of the molecule is F[C@@H]1CCNC[C@H]1F. The first-order valence-corrected chi connectivity index (χ1v) is 2.79. The lowest BCUT2D eigenvalue weighted by atomic mass is 10.1. The van der Waals surface area contributed by atoms with Gasteiger partial charge in [0.15, 0.2) is 0 Å². The predicted molar refractivity (Wildman–Crippen MR) is 27.3 cm³/mol. The van der Waals surface area contributed by atoms with Crippen LogP contribution in [0.2, 0.25) is 0 Å². The molecule has 0 bridgehead atoms. The Bertz CT molecular complexity index is 66.8. The van der Waals surface area contributed by atoms with Crippen LogP contribution in [0, 0.1) is 0 Å². The Morgan fingerprint density at radius 3 is 2.38 bits per heavy atom. The fraction of sp³-hybridized carbons (Fsp3) is 1.00. The zero-order chi connectivity index (χ0) is 5.98. The molecule has 0 aromatic rings. The van der Waals surface area contributed by atoms with Gasteiger partial charge in [0.1, 0.15) is 12.3 Å². The van der Waals surface area contributed by atoms with Crippen molar-refractivity contribution in [2.24, 2.45) is 0 Å². The minimum atomic E-state index is -1.27. The molecule has 1 nitrogen and oxygen atoms in total. The maximum atomic E-state index is 12.2. The van der Waals surface area contributed by atoms with E-state index >= 15 is 0 Å². The maximum absolute atomic E-state index is 12.2. The van der Waals surface area contributed by atoms with Gasteiger partial charge in [-0.05, 0) is 13.0 Å². The summed E-state index contributed by atoms with van der Waals surface area (Å²) in [5.41, 5.74) is 0. The summed E-state index contributed by atoms with van der Waals surface area (Å²) in [6.07, 6.45) is -2.18. The van der Waals surface area contributed by atoms with Crippen LogP contribution in [0.5, 0.6) is 0 Å². The highest BCUT2D eigenvalue weighted by atomic mass is 19.2. The van der Waals surface area contributed by atoms with Gasteiger partial charge in [0.25, 0.3) is 0 Å². The summed E-state index contributed by atoms with van der Waals surface area (Å²) >= 11 is 0. The zero-order valence-corrected chi connectivity index (χ0v) is 4.53. The standard InChI is InChI=1S/C5H9F2N/c6-4-1-2-8-3-5(4)7/h4-5,8H,1-3H2/t4-,5-/m1/s1. The Morgan fingerprint density at radius 2 is 2.00 bits per heavy atom. The number of piperidine rings is 1. The minimum Gasteiger partial charge on any atom is -0.314 e. The van der Waals surface area contributed by atoms with Crippen molar-refractivity contribution in [1.82, 2.24) is 5.32 Å². The van der Waals surface area contributed by atoms with Gasteiger partial charge in [-0.15, -0.1) is 0 Å². The van der Waals surface area contributed by atoms with Gasteiger partial charge >= 0.3 is 0 Å². The predicted octanol–water partition coefficient (Wildman–Crippen LogP) is 0.656. The number of rotatable bonds is 0. The van der Waals surface area contributed by atoms with E-state index in [1.54, 1.807) is 0 Å². The normalized spacial score (nSPS) is 39.8. The van der Waals surface area contributed by atoms with Crippen LogP contribution < -0.4 is 5.32 Å².